The van der Waals surface area contributed by atoms with Crippen molar-refractivity contribution in [1.82, 2.24) is 20.6 Å². The van der Waals surface area contributed by atoms with Gasteiger partial charge >= 0.3 is 12.0 Å². The Morgan fingerprint density at radius 2 is 1.88 bits per heavy atom. The van der Waals surface area contributed by atoms with Crippen molar-refractivity contribution < 1.29 is 23.8 Å². The second kappa shape index (κ2) is 15.4. The van der Waals surface area contributed by atoms with Crippen molar-refractivity contribution in [3.63, 3.8) is 0 Å². The summed E-state index contributed by atoms with van der Waals surface area (Å²) >= 11 is 1.44. The van der Waals surface area contributed by atoms with E-state index in [1.165, 1.54) is 18.1 Å². The molecule has 0 bridgehead atoms. The molecule has 0 fully saturated rings. The van der Waals surface area contributed by atoms with Crippen LogP contribution in [0.1, 0.15) is 53.9 Å². The van der Waals surface area contributed by atoms with E-state index in [1.54, 1.807) is 33.3 Å². The Labute approximate surface area is 257 Å². The highest BCUT2D eigenvalue weighted by atomic mass is 32.2. The number of rotatable bonds is 11. The van der Waals surface area contributed by atoms with Gasteiger partial charge in [0, 0.05) is 34.0 Å². The molecule has 0 aliphatic carbocycles. The van der Waals surface area contributed by atoms with Crippen LogP contribution >= 0.6 is 11.8 Å². The molecule has 0 radical (unpaired) electrons. The third kappa shape index (κ3) is 9.71. The Morgan fingerprint density at radius 1 is 1.16 bits per heavy atom. The molecule has 10 nitrogen and oxygen atoms in total. The minimum Gasteiger partial charge on any atom is -0.493 e. The average Bonchev–Trinajstić information content (AvgIpc) is 3.14. The lowest BCUT2D eigenvalue weighted by Gasteiger charge is -2.20. The van der Waals surface area contributed by atoms with Crippen LogP contribution in [0.15, 0.2) is 75.7 Å². The first kappa shape index (κ1) is 33.4. The number of methoxy groups -OCH3 is 2. The number of esters is 1. The summed E-state index contributed by atoms with van der Waals surface area (Å²) < 4.78 is 16.0. The zero-order valence-electron chi connectivity index (χ0n) is 25.9. The molecule has 1 atom stereocenters. The van der Waals surface area contributed by atoms with Gasteiger partial charge in [-0.1, -0.05) is 45.2 Å². The van der Waals surface area contributed by atoms with Crippen molar-refractivity contribution in [1.29, 1.82) is 0 Å². The first-order chi connectivity index (χ1) is 20.5. The fourth-order valence-electron chi connectivity index (χ4n) is 4.33. The van der Waals surface area contributed by atoms with E-state index in [-0.39, 0.29) is 23.8 Å². The maximum atomic E-state index is 13.1. The van der Waals surface area contributed by atoms with Gasteiger partial charge in [-0.25, -0.2) is 14.8 Å². The van der Waals surface area contributed by atoms with Crippen LogP contribution < -0.4 is 20.1 Å². The van der Waals surface area contributed by atoms with Crippen LogP contribution in [0.2, 0.25) is 0 Å². The molecule has 11 heteroatoms. The number of urea groups is 1. The summed E-state index contributed by atoms with van der Waals surface area (Å²) in [5.74, 6) is 0.896. The van der Waals surface area contributed by atoms with E-state index < -0.39 is 6.03 Å². The van der Waals surface area contributed by atoms with Gasteiger partial charge in [-0.05, 0) is 55.9 Å². The maximum Gasteiger partial charge on any atom is 0.323 e. The number of allylic oxidation sites excluding steroid dienone is 6. The number of carbonyl (C=O) groups is 2. The fraction of sp³-hybridized carbons (Fsp3) is 0.406. The second-order valence-corrected chi connectivity index (χ2v) is 12.1. The second-order valence-electron chi connectivity index (χ2n) is 10.8. The number of nitrogens with zero attached hydrogens (tertiary/aromatic N) is 3. The van der Waals surface area contributed by atoms with E-state index in [1.807, 2.05) is 31.2 Å². The molecule has 2 aromatic rings. The number of fused-ring (bicyclic) bond motifs is 1. The summed E-state index contributed by atoms with van der Waals surface area (Å²) in [4.78, 5) is 39.8. The molecular weight excluding hydrogens is 566 g/mol. The molecule has 1 aliphatic heterocycles. The summed E-state index contributed by atoms with van der Waals surface area (Å²) in [6.07, 6.45) is 9.95. The molecule has 230 valence electrons. The normalized spacial score (nSPS) is 16.0. The van der Waals surface area contributed by atoms with Gasteiger partial charge in [-0.15, -0.1) is 0 Å². The quantitative estimate of drug-likeness (QED) is 0.128. The topological polar surface area (TPSA) is 124 Å². The van der Waals surface area contributed by atoms with E-state index in [4.69, 9.17) is 19.2 Å². The molecule has 0 saturated carbocycles. The number of carbonyl (C=O) groups excluding carboxylic acids is 2. The molecular formula is C32H41N5O5S. The zero-order chi connectivity index (χ0) is 31.6. The van der Waals surface area contributed by atoms with Crippen molar-refractivity contribution in [3.05, 3.63) is 65.6 Å². The van der Waals surface area contributed by atoms with E-state index in [0.717, 1.165) is 32.2 Å². The summed E-state index contributed by atoms with van der Waals surface area (Å²) in [6, 6.07) is 3.05. The van der Waals surface area contributed by atoms with E-state index >= 15 is 0 Å². The number of benzene rings is 1. The smallest absolute Gasteiger partial charge is 0.323 e. The van der Waals surface area contributed by atoms with Crippen molar-refractivity contribution in [2.45, 2.75) is 64.9 Å². The lowest BCUT2D eigenvalue weighted by Crippen LogP contribution is -2.34. The predicted molar refractivity (Wildman–Crippen MR) is 171 cm³/mol. The molecule has 43 heavy (non-hydrogen) atoms. The van der Waals surface area contributed by atoms with Crippen LogP contribution in [0.5, 0.6) is 11.5 Å². The SMILES string of the molecule is C=C/C=C(\C=C(/C)Sc1ncnc2cc(OC)c(OC)cc12)NC(=O)NC1=CC(C(C)(C)C)=NC(CC(=O)OCC)CC1. The third-order valence-electron chi connectivity index (χ3n) is 6.41. The lowest BCUT2D eigenvalue weighted by atomic mass is 9.89. The Bertz CT molecular complexity index is 1470. The van der Waals surface area contributed by atoms with Crippen LogP contribution in [0.4, 0.5) is 4.79 Å². The molecule has 0 saturated heterocycles. The van der Waals surface area contributed by atoms with Crippen molar-refractivity contribution in [2.24, 2.45) is 10.4 Å². The predicted octanol–water partition coefficient (Wildman–Crippen LogP) is 6.50. The first-order valence-electron chi connectivity index (χ1n) is 14.0. The standard InChI is InChI=1S/C32H41N5O5S/c1-9-11-21(14-20(3)43-30-24-17-26(40-7)27(41-8)18-25(24)33-19-34-30)36-31(39)37-22-12-13-23(16-29(38)42-10-2)35-28(15-22)32(4,5)6/h9,11,14-15,17-19,23H,1,10,12-13,16H2,2-8H3,(H2,36,37,39)/b20-14+,21-11+. The minimum atomic E-state index is -0.394. The van der Waals surface area contributed by atoms with Crippen molar-refractivity contribution in [2.75, 3.05) is 20.8 Å². The Morgan fingerprint density at radius 3 is 2.53 bits per heavy atom. The van der Waals surface area contributed by atoms with Gasteiger partial charge in [-0.3, -0.25) is 9.79 Å². The number of ether oxygens (including phenoxy) is 3. The van der Waals surface area contributed by atoms with Crippen LogP contribution in [-0.2, 0) is 9.53 Å². The zero-order valence-corrected chi connectivity index (χ0v) is 26.8. The highest BCUT2D eigenvalue weighted by molar-refractivity contribution is 8.03. The Hall–Kier alpha value is -4.12. The number of amides is 2. The summed E-state index contributed by atoms with van der Waals surface area (Å²) in [5.41, 5.74) is 2.54. The number of thioether (sulfide) groups is 1. The Kier molecular flexibility index (Phi) is 11.9. The van der Waals surface area contributed by atoms with Crippen LogP contribution in [0, 0.1) is 5.41 Å². The number of nitrogens with one attached hydrogen (secondary N) is 2. The van der Waals surface area contributed by atoms with Crippen molar-refractivity contribution in [3.8, 4) is 11.5 Å². The Balaban J connectivity index is 1.75. The van der Waals surface area contributed by atoms with Gasteiger partial charge < -0.3 is 24.8 Å². The van der Waals surface area contributed by atoms with E-state index in [2.05, 4.69) is 48.0 Å². The third-order valence-corrected chi connectivity index (χ3v) is 7.36. The fourth-order valence-corrected chi connectivity index (χ4v) is 5.19. The number of aliphatic imine (C=N–C) groups is 1. The van der Waals surface area contributed by atoms with Gasteiger partial charge in [0.2, 0.25) is 0 Å². The number of hydrogen-bond donors (Lipinski definition) is 2. The highest BCUT2D eigenvalue weighted by Gasteiger charge is 2.25. The van der Waals surface area contributed by atoms with Gasteiger partial charge in [0.1, 0.15) is 11.4 Å². The minimum absolute atomic E-state index is 0.205. The molecule has 2 heterocycles. The van der Waals surface area contributed by atoms with E-state index in [0.29, 0.717) is 36.6 Å². The average molecular weight is 608 g/mol. The molecule has 1 unspecified atom stereocenters. The molecule has 1 aliphatic rings. The van der Waals surface area contributed by atoms with Crippen LogP contribution in [0.3, 0.4) is 0 Å². The largest absolute Gasteiger partial charge is 0.493 e. The number of hydrogen-bond acceptors (Lipinski definition) is 9. The number of aromatic nitrogens is 2. The van der Waals surface area contributed by atoms with Crippen molar-refractivity contribution >= 4 is 40.4 Å². The molecule has 1 aromatic heterocycles. The molecule has 2 N–H and O–H groups in total. The van der Waals surface area contributed by atoms with Gasteiger partial charge in [0.05, 0.1) is 38.8 Å². The molecule has 0 spiro atoms. The molecule has 1 aromatic carbocycles. The maximum absolute atomic E-state index is 13.1. The van der Waals surface area contributed by atoms with Gasteiger partial charge in [0.15, 0.2) is 11.5 Å². The molecule has 3 rings (SSSR count). The van der Waals surface area contributed by atoms with E-state index in [9.17, 15) is 9.59 Å². The monoisotopic (exact) mass is 607 g/mol. The van der Waals surface area contributed by atoms with Gasteiger partial charge in [-0.2, -0.15) is 0 Å². The molecule has 2 amide bonds. The highest BCUT2D eigenvalue weighted by Crippen LogP contribution is 2.37. The first-order valence-corrected chi connectivity index (χ1v) is 14.9. The summed E-state index contributed by atoms with van der Waals surface area (Å²) in [6.45, 7) is 14.0. The van der Waals surface area contributed by atoms with Gasteiger partial charge in [0.25, 0.3) is 0 Å². The van der Waals surface area contributed by atoms with Crippen LogP contribution in [0.25, 0.3) is 10.9 Å². The summed E-state index contributed by atoms with van der Waals surface area (Å²) in [7, 11) is 3.16. The summed E-state index contributed by atoms with van der Waals surface area (Å²) in [5, 5.41) is 7.44. The lowest BCUT2D eigenvalue weighted by molar-refractivity contribution is -0.143. The van der Waals surface area contributed by atoms with Crippen LogP contribution in [-0.4, -0.2) is 54.5 Å².